The van der Waals surface area contributed by atoms with Crippen molar-refractivity contribution in [2.75, 3.05) is 0 Å². The normalized spacial score (nSPS) is 10.7. The van der Waals surface area contributed by atoms with Gasteiger partial charge in [0.15, 0.2) is 11.2 Å². The van der Waals surface area contributed by atoms with E-state index in [9.17, 15) is 23.6 Å². The van der Waals surface area contributed by atoms with Gasteiger partial charge in [0.1, 0.15) is 5.82 Å². The number of rotatable bonds is 6. The van der Waals surface area contributed by atoms with E-state index in [4.69, 9.17) is 5.11 Å². The van der Waals surface area contributed by atoms with Crippen LogP contribution < -0.4 is 5.43 Å². The molecule has 0 atom stereocenters. The molecule has 0 fully saturated rings. The Kier molecular flexibility index (Phi) is 4.94. The first-order chi connectivity index (χ1) is 12.9. The summed E-state index contributed by atoms with van der Waals surface area (Å²) in [6.07, 6.45) is 0.385. The second kappa shape index (κ2) is 7.33. The maximum absolute atomic E-state index is 13.5. The van der Waals surface area contributed by atoms with Gasteiger partial charge in [0.25, 0.3) is 0 Å². The van der Waals surface area contributed by atoms with Gasteiger partial charge in [-0.2, -0.15) is 0 Å². The number of halogens is 1. The SMILES string of the molecule is O=C(O)C(=O)CC(=O)c1cn(Cc2cccc(F)c2)c2ccccc2c1=O. The molecule has 0 amide bonds. The molecule has 1 N–H and O–H groups in total. The number of carbonyl (C=O) groups excluding carboxylic acids is 2. The lowest BCUT2D eigenvalue weighted by molar-refractivity contribution is -0.148. The van der Waals surface area contributed by atoms with Crippen LogP contribution in [0.4, 0.5) is 4.39 Å². The minimum absolute atomic E-state index is 0.186. The minimum Gasteiger partial charge on any atom is -0.475 e. The van der Waals surface area contributed by atoms with E-state index in [1.807, 2.05) is 0 Å². The molecule has 6 nitrogen and oxygen atoms in total. The molecular formula is C20H14FNO5. The highest BCUT2D eigenvalue weighted by Crippen LogP contribution is 2.15. The number of ketones is 2. The van der Waals surface area contributed by atoms with Gasteiger partial charge < -0.3 is 9.67 Å². The van der Waals surface area contributed by atoms with E-state index in [0.29, 0.717) is 11.1 Å². The molecule has 3 rings (SSSR count). The van der Waals surface area contributed by atoms with Crippen LogP contribution >= 0.6 is 0 Å². The fourth-order valence-corrected chi connectivity index (χ4v) is 2.82. The molecule has 3 aromatic rings. The van der Waals surface area contributed by atoms with Crippen LogP contribution in [-0.2, 0) is 16.1 Å². The molecule has 2 aromatic carbocycles. The number of hydrogen-bond acceptors (Lipinski definition) is 4. The summed E-state index contributed by atoms with van der Waals surface area (Å²) < 4.78 is 15.1. The average Bonchev–Trinajstić information content (AvgIpc) is 2.64. The Labute approximate surface area is 152 Å². The number of fused-ring (bicyclic) bond motifs is 1. The number of para-hydroxylation sites is 1. The molecule has 0 unspecified atom stereocenters. The number of aromatic nitrogens is 1. The topological polar surface area (TPSA) is 93.4 Å². The van der Waals surface area contributed by atoms with E-state index in [1.165, 1.54) is 24.4 Å². The molecule has 7 heteroatoms. The Hall–Kier alpha value is -3.61. The van der Waals surface area contributed by atoms with Crippen LogP contribution in [0.15, 0.2) is 59.5 Å². The zero-order chi connectivity index (χ0) is 19.6. The molecule has 0 saturated heterocycles. The van der Waals surface area contributed by atoms with E-state index in [0.717, 1.165) is 0 Å². The Morgan fingerprint density at radius 1 is 1.04 bits per heavy atom. The van der Waals surface area contributed by atoms with Crippen molar-refractivity contribution in [2.24, 2.45) is 0 Å². The van der Waals surface area contributed by atoms with Gasteiger partial charge in [-0.15, -0.1) is 0 Å². The summed E-state index contributed by atoms with van der Waals surface area (Å²) >= 11 is 0. The lowest BCUT2D eigenvalue weighted by atomic mass is 10.0. The monoisotopic (exact) mass is 367 g/mol. The van der Waals surface area contributed by atoms with Crippen molar-refractivity contribution in [3.63, 3.8) is 0 Å². The number of carboxylic acids is 1. The van der Waals surface area contributed by atoms with Crippen LogP contribution in [0.3, 0.4) is 0 Å². The molecule has 136 valence electrons. The number of hydrogen-bond donors (Lipinski definition) is 1. The lowest BCUT2D eigenvalue weighted by Crippen LogP contribution is -2.23. The molecule has 1 heterocycles. The smallest absolute Gasteiger partial charge is 0.372 e. The fraction of sp³-hybridized carbons (Fsp3) is 0.100. The van der Waals surface area contributed by atoms with Crippen molar-refractivity contribution in [3.05, 3.63) is 81.9 Å². The fourth-order valence-electron chi connectivity index (χ4n) is 2.82. The molecule has 1 aromatic heterocycles. The van der Waals surface area contributed by atoms with Crippen molar-refractivity contribution in [3.8, 4) is 0 Å². The largest absolute Gasteiger partial charge is 0.475 e. The minimum atomic E-state index is -1.73. The highest BCUT2D eigenvalue weighted by molar-refractivity contribution is 6.37. The number of nitrogens with zero attached hydrogens (tertiary/aromatic N) is 1. The van der Waals surface area contributed by atoms with Crippen molar-refractivity contribution in [1.82, 2.24) is 4.57 Å². The third-order valence-corrected chi connectivity index (χ3v) is 4.09. The molecule has 0 saturated carbocycles. The molecule has 0 aliphatic carbocycles. The Bertz CT molecular complexity index is 1130. The van der Waals surface area contributed by atoms with Gasteiger partial charge >= 0.3 is 5.97 Å². The van der Waals surface area contributed by atoms with Gasteiger partial charge in [-0.1, -0.05) is 24.3 Å². The third kappa shape index (κ3) is 3.82. The summed E-state index contributed by atoms with van der Waals surface area (Å²) in [6.45, 7) is 0.186. The van der Waals surface area contributed by atoms with E-state index >= 15 is 0 Å². The zero-order valence-electron chi connectivity index (χ0n) is 14.0. The van der Waals surface area contributed by atoms with E-state index in [-0.39, 0.29) is 17.5 Å². The molecule has 0 spiro atoms. The van der Waals surface area contributed by atoms with Crippen molar-refractivity contribution < 1.29 is 23.9 Å². The summed E-state index contributed by atoms with van der Waals surface area (Å²) in [6, 6.07) is 12.5. The number of carboxylic acid groups (broad SMARTS) is 1. The van der Waals surface area contributed by atoms with Crippen molar-refractivity contribution in [1.29, 1.82) is 0 Å². The van der Waals surface area contributed by atoms with Crippen LogP contribution in [-0.4, -0.2) is 27.2 Å². The number of carbonyl (C=O) groups is 3. The number of pyridine rings is 1. The summed E-state index contributed by atoms with van der Waals surface area (Å²) in [5, 5.41) is 8.93. The van der Waals surface area contributed by atoms with Crippen LogP contribution in [0.2, 0.25) is 0 Å². The number of Topliss-reactive ketones (excluding diaryl/α,β-unsaturated/α-hetero) is 2. The van der Waals surface area contributed by atoms with Crippen LogP contribution in [0, 0.1) is 5.82 Å². The second-order valence-electron chi connectivity index (χ2n) is 5.98. The lowest BCUT2D eigenvalue weighted by Gasteiger charge is -2.13. The quantitative estimate of drug-likeness (QED) is 0.410. The molecular weight excluding hydrogens is 353 g/mol. The van der Waals surface area contributed by atoms with E-state index in [2.05, 4.69) is 0 Å². The molecule has 27 heavy (non-hydrogen) atoms. The molecule has 0 aliphatic rings. The zero-order valence-corrected chi connectivity index (χ0v) is 14.0. The first-order valence-electron chi connectivity index (χ1n) is 8.03. The van der Waals surface area contributed by atoms with Gasteiger partial charge in [-0.05, 0) is 29.8 Å². The highest BCUT2D eigenvalue weighted by Gasteiger charge is 2.21. The van der Waals surface area contributed by atoms with Gasteiger partial charge in [0, 0.05) is 18.1 Å². The van der Waals surface area contributed by atoms with Crippen molar-refractivity contribution >= 4 is 28.4 Å². The van der Waals surface area contributed by atoms with E-state index < -0.39 is 35.2 Å². The maximum atomic E-state index is 13.5. The first kappa shape index (κ1) is 18.2. The predicted molar refractivity (Wildman–Crippen MR) is 95.3 cm³/mol. The van der Waals surface area contributed by atoms with Crippen LogP contribution in [0.25, 0.3) is 10.9 Å². The van der Waals surface area contributed by atoms with Gasteiger partial charge in [-0.25, -0.2) is 9.18 Å². The number of benzene rings is 2. The molecule has 0 bridgehead atoms. The van der Waals surface area contributed by atoms with Gasteiger partial charge in [-0.3, -0.25) is 14.4 Å². The number of aliphatic carboxylic acids is 1. The molecule has 0 aliphatic heterocycles. The van der Waals surface area contributed by atoms with Gasteiger partial charge in [0.2, 0.25) is 5.78 Å². The summed E-state index contributed by atoms with van der Waals surface area (Å²) in [5.41, 5.74) is 0.292. The van der Waals surface area contributed by atoms with Crippen molar-refractivity contribution in [2.45, 2.75) is 13.0 Å². The predicted octanol–water partition coefficient (Wildman–Crippen LogP) is 2.42. The summed E-state index contributed by atoms with van der Waals surface area (Å²) in [4.78, 5) is 47.0. The van der Waals surface area contributed by atoms with E-state index in [1.54, 1.807) is 34.9 Å². The second-order valence-corrected chi connectivity index (χ2v) is 5.98. The molecule has 0 radical (unpaired) electrons. The summed E-state index contributed by atoms with van der Waals surface area (Å²) in [7, 11) is 0. The van der Waals surface area contributed by atoms with Gasteiger partial charge in [0.05, 0.1) is 17.5 Å². The first-order valence-corrected chi connectivity index (χ1v) is 8.03. The maximum Gasteiger partial charge on any atom is 0.372 e. The van der Waals surface area contributed by atoms with Crippen LogP contribution in [0.5, 0.6) is 0 Å². The van der Waals surface area contributed by atoms with Crippen LogP contribution in [0.1, 0.15) is 22.3 Å². The Morgan fingerprint density at radius 2 is 1.78 bits per heavy atom. The Balaban J connectivity index is 2.11. The Morgan fingerprint density at radius 3 is 2.48 bits per heavy atom. The summed E-state index contributed by atoms with van der Waals surface area (Å²) in [5.74, 6) is -4.30. The average molecular weight is 367 g/mol. The standard InChI is InChI=1S/C20H14FNO5/c21-13-5-3-4-12(8-13)10-22-11-15(17(23)9-18(24)20(26)27)19(25)14-6-1-2-7-16(14)22/h1-8,11H,9-10H2,(H,26,27). The third-order valence-electron chi connectivity index (χ3n) is 4.09. The highest BCUT2D eigenvalue weighted by atomic mass is 19.1.